The molecule has 3 N–H and O–H groups in total. The molecule has 145 valence electrons. The van der Waals surface area contributed by atoms with E-state index >= 15 is 0 Å². The maximum Gasteiger partial charge on any atom is 0.317 e. The normalized spacial score (nSPS) is 10.7. The maximum absolute atomic E-state index is 12.4. The van der Waals surface area contributed by atoms with Crippen molar-refractivity contribution in [1.29, 1.82) is 0 Å². The number of rotatable bonds is 9. The zero-order valence-corrected chi connectivity index (χ0v) is 17.3. The summed E-state index contributed by atoms with van der Waals surface area (Å²) in [5.74, 6) is -2.40. The second-order valence-electron chi connectivity index (χ2n) is 6.60. The minimum absolute atomic E-state index is 0. The van der Waals surface area contributed by atoms with E-state index in [1.165, 1.54) is 0 Å². The molecule has 0 aromatic heterocycles. The molecule has 0 saturated carbocycles. The van der Waals surface area contributed by atoms with Crippen LogP contribution in [0.1, 0.15) is 50.7 Å². The van der Waals surface area contributed by atoms with Gasteiger partial charge in [0.15, 0.2) is 0 Å². The number of aliphatic carboxylic acids is 2. The van der Waals surface area contributed by atoms with Crippen LogP contribution in [0.15, 0.2) is 18.2 Å². The molecule has 26 heavy (non-hydrogen) atoms. The Morgan fingerprint density at radius 3 is 1.69 bits per heavy atom. The fourth-order valence-corrected chi connectivity index (χ4v) is 2.63. The standard InChI is InChI=1S/C18H26N2O5.Tc/c1-11(2)13-6-5-7-14(12(3)4)18(13)19-15(21)8-20(9-16(22)23)10-17(24)25;/h5-7,11-12H,8-10H2,1-4H3,(H,19,21)(H,22,23)(H,24,25);/i;1+1. The van der Waals surface area contributed by atoms with Crippen molar-refractivity contribution in [2.24, 2.45) is 0 Å². The van der Waals surface area contributed by atoms with Gasteiger partial charge in [0.05, 0.1) is 19.6 Å². The molecular formula is C18H26N2O5Tc. The van der Waals surface area contributed by atoms with Crippen LogP contribution < -0.4 is 5.32 Å². The van der Waals surface area contributed by atoms with E-state index in [0.717, 1.165) is 21.7 Å². The molecule has 0 fully saturated rings. The van der Waals surface area contributed by atoms with Gasteiger partial charge in [-0.25, -0.2) is 0 Å². The summed E-state index contributed by atoms with van der Waals surface area (Å²) in [5, 5.41) is 20.6. The first-order valence-corrected chi connectivity index (χ1v) is 8.20. The van der Waals surface area contributed by atoms with Crippen molar-refractivity contribution in [3.8, 4) is 0 Å². The minimum atomic E-state index is -1.18. The van der Waals surface area contributed by atoms with Crippen LogP contribution in [-0.4, -0.2) is 52.6 Å². The van der Waals surface area contributed by atoms with Gasteiger partial charge in [-0.15, -0.1) is 0 Å². The summed E-state index contributed by atoms with van der Waals surface area (Å²) in [5.41, 5.74) is 2.70. The Bertz CT molecular complexity index is 604. The molecule has 8 heteroatoms. The predicted octanol–water partition coefficient (Wildman–Crippen LogP) is 2.34. The Balaban J connectivity index is 0.00000625. The number of carboxylic acid groups (broad SMARTS) is 2. The van der Waals surface area contributed by atoms with Gasteiger partial charge >= 0.3 is 11.9 Å². The van der Waals surface area contributed by atoms with Crippen molar-refractivity contribution in [3.63, 3.8) is 0 Å². The number of para-hydroxylation sites is 1. The number of amides is 1. The van der Waals surface area contributed by atoms with Gasteiger partial charge in [0.25, 0.3) is 0 Å². The Morgan fingerprint density at radius 1 is 0.923 bits per heavy atom. The van der Waals surface area contributed by atoms with E-state index in [9.17, 15) is 14.4 Å². The second-order valence-corrected chi connectivity index (χ2v) is 6.60. The molecule has 0 aliphatic carbocycles. The Morgan fingerprint density at radius 2 is 1.35 bits per heavy atom. The zero-order valence-electron chi connectivity index (χ0n) is 15.5. The number of carbonyl (C=O) groups is 3. The maximum atomic E-state index is 12.4. The number of carbonyl (C=O) groups excluding carboxylic acids is 1. The molecule has 1 amide bonds. The first-order chi connectivity index (χ1) is 11.6. The molecule has 0 aliphatic heterocycles. The molecule has 0 bridgehead atoms. The minimum Gasteiger partial charge on any atom is -0.480 e. The smallest absolute Gasteiger partial charge is 0.317 e. The Kier molecular flexibility index (Phi) is 10.3. The van der Waals surface area contributed by atoms with Gasteiger partial charge in [0.2, 0.25) is 5.91 Å². The van der Waals surface area contributed by atoms with Crippen LogP contribution in [0.3, 0.4) is 0 Å². The molecule has 1 radical (unpaired) electrons. The van der Waals surface area contributed by atoms with E-state index in [1.54, 1.807) is 0 Å². The number of nitrogens with zero attached hydrogens (tertiary/aromatic N) is 1. The quantitative estimate of drug-likeness (QED) is 0.535. The van der Waals surface area contributed by atoms with Gasteiger partial charge in [-0.3, -0.25) is 19.3 Å². The molecule has 0 unspecified atom stereocenters. The molecule has 0 spiro atoms. The molecule has 0 atom stereocenters. The number of hydrogen-bond donors (Lipinski definition) is 3. The molecule has 1 rings (SSSR count). The van der Waals surface area contributed by atoms with Crippen molar-refractivity contribution in [1.82, 2.24) is 4.90 Å². The monoisotopic (exact) mass is 449 g/mol. The van der Waals surface area contributed by atoms with Crippen LogP contribution >= 0.6 is 0 Å². The van der Waals surface area contributed by atoms with Crippen LogP contribution in [0, 0.1) is 0 Å². The summed E-state index contributed by atoms with van der Waals surface area (Å²) in [6.45, 7) is 6.77. The van der Waals surface area contributed by atoms with Gasteiger partial charge in [0, 0.05) is 25.8 Å². The van der Waals surface area contributed by atoms with Gasteiger partial charge < -0.3 is 15.5 Å². The van der Waals surface area contributed by atoms with E-state index in [-0.39, 0.29) is 38.5 Å². The summed E-state index contributed by atoms with van der Waals surface area (Å²) in [7, 11) is 0. The first-order valence-electron chi connectivity index (χ1n) is 8.20. The summed E-state index contributed by atoms with van der Waals surface area (Å²) in [4.78, 5) is 35.2. The summed E-state index contributed by atoms with van der Waals surface area (Å²) in [6, 6.07) is 5.83. The average molecular weight is 449 g/mol. The Labute approximate surface area is 167 Å². The van der Waals surface area contributed by atoms with Crippen molar-refractivity contribution in [2.75, 3.05) is 25.0 Å². The predicted molar refractivity (Wildman–Crippen MR) is 95.0 cm³/mol. The third-order valence-corrected chi connectivity index (χ3v) is 3.72. The van der Waals surface area contributed by atoms with Crippen molar-refractivity contribution in [2.45, 2.75) is 39.5 Å². The van der Waals surface area contributed by atoms with Gasteiger partial charge in [0.1, 0.15) is 0 Å². The fourth-order valence-electron chi connectivity index (χ4n) is 2.63. The number of hydrogen-bond acceptors (Lipinski definition) is 4. The van der Waals surface area contributed by atoms with Crippen LogP contribution in [0.25, 0.3) is 0 Å². The number of carboxylic acids is 2. The SMILES string of the molecule is CC(C)c1cccc(C(C)C)c1NC(=O)CN(CC(=O)O)CC(=O)O.[99Tc]. The topological polar surface area (TPSA) is 107 Å². The largest absolute Gasteiger partial charge is 0.480 e. The Hall–Kier alpha value is -1.76. The van der Waals surface area contributed by atoms with E-state index in [1.807, 2.05) is 45.9 Å². The zero-order chi connectivity index (χ0) is 19.1. The first kappa shape index (κ1) is 24.2. The van der Waals surface area contributed by atoms with Crippen LogP contribution in [0.2, 0.25) is 0 Å². The van der Waals surface area contributed by atoms with Crippen molar-refractivity contribution in [3.05, 3.63) is 29.3 Å². The molecule has 0 saturated heterocycles. The van der Waals surface area contributed by atoms with Crippen LogP contribution in [-0.2, 0) is 34.5 Å². The van der Waals surface area contributed by atoms with E-state index in [0.29, 0.717) is 0 Å². The van der Waals surface area contributed by atoms with Crippen molar-refractivity contribution < 1.29 is 44.7 Å². The third kappa shape index (κ3) is 7.64. The molecule has 0 aliphatic rings. The summed E-state index contributed by atoms with van der Waals surface area (Å²) >= 11 is 0. The summed E-state index contributed by atoms with van der Waals surface area (Å²) in [6.07, 6.45) is 0. The second kappa shape index (κ2) is 11.1. The van der Waals surface area contributed by atoms with E-state index in [2.05, 4.69) is 5.32 Å². The van der Waals surface area contributed by atoms with E-state index in [4.69, 9.17) is 10.2 Å². The molecular weight excluding hydrogens is 423 g/mol. The van der Waals surface area contributed by atoms with Gasteiger partial charge in [-0.05, 0) is 23.0 Å². The van der Waals surface area contributed by atoms with Gasteiger partial charge in [-0.2, -0.15) is 0 Å². The number of anilines is 1. The van der Waals surface area contributed by atoms with Crippen LogP contribution in [0.5, 0.6) is 0 Å². The third-order valence-electron chi connectivity index (χ3n) is 3.72. The molecule has 1 aromatic carbocycles. The van der Waals surface area contributed by atoms with Crippen molar-refractivity contribution >= 4 is 23.5 Å². The van der Waals surface area contributed by atoms with E-state index < -0.39 is 30.9 Å². The molecule has 7 nitrogen and oxygen atoms in total. The van der Waals surface area contributed by atoms with Gasteiger partial charge in [-0.1, -0.05) is 45.9 Å². The fraction of sp³-hybridized carbons (Fsp3) is 0.500. The average Bonchev–Trinajstić information content (AvgIpc) is 2.45. The van der Waals surface area contributed by atoms with Crippen LogP contribution in [0.4, 0.5) is 5.69 Å². The number of benzene rings is 1. The molecule has 1 aromatic rings. The summed E-state index contributed by atoms with van der Waals surface area (Å²) < 4.78 is 0. The number of nitrogens with one attached hydrogen (secondary N) is 1. The molecule has 0 heterocycles.